The van der Waals surface area contributed by atoms with E-state index in [1.165, 1.54) is 24.3 Å². The molecule has 0 amide bonds. The second-order valence-electron chi connectivity index (χ2n) is 6.13. The summed E-state index contributed by atoms with van der Waals surface area (Å²) in [5.41, 5.74) is -2.65. The van der Waals surface area contributed by atoms with Gasteiger partial charge in [0.1, 0.15) is 0 Å². The van der Waals surface area contributed by atoms with Crippen molar-refractivity contribution in [3.63, 3.8) is 0 Å². The SMILES string of the molecule is C=CC1CC(C(=O)OC)(C(=O)OC)[C@H](c2ccccc2[N+](=O)[O-])[C@H]1[N+](=O)[O-]. The summed E-state index contributed by atoms with van der Waals surface area (Å²) in [6, 6.07) is 3.79. The van der Waals surface area contributed by atoms with Crippen molar-refractivity contribution in [3.8, 4) is 0 Å². The molecular formula is C17H18N2O8. The fourth-order valence-electron chi connectivity index (χ4n) is 3.89. The first-order valence-corrected chi connectivity index (χ1v) is 7.92. The number of para-hydroxylation sites is 1. The maximum atomic E-state index is 12.7. The van der Waals surface area contributed by atoms with Crippen LogP contribution in [-0.2, 0) is 19.1 Å². The Hall–Kier alpha value is -3.30. The van der Waals surface area contributed by atoms with Crippen molar-refractivity contribution in [2.24, 2.45) is 11.3 Å². The third kappa shape index (κ3) is 3.03. The zero-order valence-corrected chi connectivity index (χ0v) is 14.7. The third-order valence-corrected chi connectivity index (χ3v) is 4.98. The summed E-state index contributed by atoms with van der Waals surface area (Å²) in [6.07, 6.45) is 0.959. The summed E-state index contributed by atoms with van der Waals surface area (Å²) in [5, 5.41) is 23.3. The van der Waals surface area contributed by atoms with Gasteiger partial charge in [0, 0.05) is 22.5 Å². The van der Waals surface area contributed by atoms with E-state index in [-0.39, 0.29) is 12.0 Å². The Labute approximate surface area is 154 Å². The van der Waals surface area contributed by atoms with Crippen LogP contribution < -0.4 is 0 Å². The van der Waals surface area contributed by atoms with Crippen LogP contribution in [0.2, 0.25) is 0 Å². The minimum atomic E-state index is -2.10. The molecule has 0 N–H and O–H groups in total. The Bertz CT molecular complexity index is 790. The molecule has 0 aliphatic heterocycles. The third-order valence-electron chi connectivity index (χ3n) is 4.98. The van der Waals surface area contributed by atoms with Crippen molar-refractivity contribution in [1.82, 2.24) is 0 Å². The molecule has 1 fully saturated rings. The number of esters is 2. The highest BCUT2D eigenvalue weighted by Gasteiger charge is 2.69. The van der Waals surface area contributed by atoms with Crippen molar-refractivity contribution in [1.29, 1.82) is 0 Å². The first-order chi connectivity index (χ1) is 12.8. The predicted molar refractivity (Wildman–Crippen MR) is 91.4 cm³/mol. The summed E-state index contributed by atoms with van der Waals surface area (Å²) >= 11 is 0. The second kappa shape index (κ2) is 7.52. The van der Waals surface area contributed by atoms with E-state index in [9.17, 15) is 29.8 Å². The monoisotopic (exact) mass is 378 g/mol. The first-order valence-electron chi connectivity index (χ1n) is 7.92. The minimum absolute atomic E-state index is 0.107. The molecule has 0 heterocycles. The molecule has 0 aromatic heterocycles. The Balaban J connectivity index is 2.88. The van der Waals surface area contributed by atoms with Crippen molar-refractivity contribution in [2.75, 3.05) is 14.2 Å². The van der Waals surface area contributed by atoms with E-state index in [1.807, 2.05) is 0 Å². The molecule has 2 rings (SSSR count). The average Bonchev–Trinajstić information content (AvgIpc) is 3.03. The van der Waals surface area contributed by atoms with Gasteiger partial charge in [-0.05, 0) is 6.42 Å². The van der Waals surface area contributed by atoms with Crippen molar-refractivity contribution in [2.45, 2.75) is 18.4 Å². The summed E-state index contributed by atoms with van der Waals surface area (Å²) in [6.45, 7) is 3.55. The van der Waals surface area contributed by atoms with Gasteiger partial charge in [-0.2, -0.15) is 0 Å². The number of rotatable bonds is 6. The van der Waals surface area contributed by atoms with Gasteiger partial charge < -0.3 is 9.47 Å². The number of nitrogens with zero attached hydrogens (tertiary/aromatic N) is 2. The normalized spacial score (nSPS) is 23.3. The smallest absolute Gasteiger partial charge is 0.324 e. The number of hydrogen-bond acceptors (Lipinski definition) is 8. The van der Waals surface area contributed by atoms with E-state index in [0.717, 1.165) is 20.3 Å². The zero-order valence-electron chi connectivity index (χ0n) is 14.7. The Morgan fingerprint density at radius 2 is 1.74 bits per heavy atom. The lowest BCUT2D eigenvalue weighted by Crippen LogP contribution is -2.46. The molecule has 144 valence electrons. The van der Waals surface area contributed by atoms with Gasteiger partial charge in [-0.3, -0.25) is 29.8 Å². The van der Waals surface area contributed by atoms with Gasteiger partial charge in [0.15, 0.2) is 5.41 Å². The van der Waals surface area contributed by atoms with Crippen LogP contribution in [0.4, 0.5) is 5.69 Å². The van der Waals surface area contributed by atoms with Crippen LogP contribution in [0.5, 0.6) is 0 Å². The molecule has 0 radical (unpaired) electrons. The summed E-state index contributed by atoms with van der Waals surface area (Å²) in [5.74, 6) is -4.46. The second-order valence-corrected chi connectivity index (χ2v) is 6.13. The molecule has 1 aromatic carbocycles. The summed E-state index contributed by atoms with van der Waals surface area (Å²) in [7, 11) is 2.07. The molecule has 1 aliphatic rings. The Morgan fingerprint density at radius 1 is 1.19 bits per heavy atom. The molecule has 1 saturated carbocycles. The van der Waals surface area contributed by atoms with Crippen molar-refractivity contribution >= 4 is 17.6 Å². The van der Waals surface area contributed by atoms with Crippen molar-refractivity contribution in [3.05, 3.63) is 62.7 Å². The number of benzene rings is 1. The molecule has 10 heteroatoms. The Morgan fingerprint density at radius 3 is 2.19 bits per heavy atom. The van der Waals surface area contributed by atoms with E-state index in [0.29, 0.717) is 0 Å². The summed E-state index contributed by atoms with van der Waals surface area (Å²) in [4.78, 5) is 47.3. The topological polar surface area (TPSA) is 139 Å². The lowest BCUT2D eigenvalue weighted by atomic mass is 9.72. The molecule has 0 spiro atoms. The molecule has 27 heavy (non-hydrogen) atoms. The number of carbonyl (C=O) groups is 2. The van der Waals surface area contributed by atoms with Crippen LogP contribution in [0.1, 0.15) is 17.9 Å². The molecule has 1 aliphatic carbocycles. The largest absolute Gasteiger partial charge is 0.468 e. The van der Waals surface area contributed by atoms with Gasteiger partial charge in [-0.15, -0.1) is 6.58 Å². The fraction of sp³-hybridized carbons (Fsp3) is 0.412. The molecule has 1 aromatic rings. The predicted octanol–water partition coefficient (Wildman–Crippen LogP) is 1.86. The highest BCUT2D eigenvalue weighted by molar-refractivity contribution is 6.02. The van der Waals surface area contributed by atoms with Gasteiger partial charge in [0.2, 0.25) is 6.04 Å². The zero-order chi connectivity index (χ0) is 20.4. The van der Waals surface area contributed by atoms with E-state index < -0.39 is 50.8 Å². The quantitative estimate of drug-likeness (QED) is 0.240. The lowest BCUT2D eigenvalue weighted by Gasteiger charge is -2.29. The standard InChI is InChI=1S/C17H18N2O8/c1-4-10-9-17(15(20)26-2,16(21)27-3)13(14(10)19(24)25)11-7-5-6-8-12(11)18(22)23/h4-8,10,13-14H,1,9H2,2-3H3/t10?,13-,14+/m1/s1. The van der Waals surface area contributed by atoms with Gasteiger partial charge >= 0.3 is 11.9 Å². The summed E-state index contributed by atoms with van der Waals surface area (Å²) < 4.78 is 9.53. The molecule has 3 atom stereocenters. The molecule has 0 saturated heterocycles. The number of hydrogen-bond donors (Lipinski definition) is 0. The number of nitro groups is 2. The highest BCUT2D eigenvalue weighted by Crippen LogP contribution is 2.56. The molecule has 1 unspecified atom stereocenters. The number of carbonyl (C=O) groups excluding carboxylic acids is 2. The Kier molecular flexibility index (Phi) is 5.58. The van der Waals surface area contributed by atoms with Gasteiger partial charge in [-0.25, -0.2) is 0 Å². The van der Waals surface area contributed by atoms with E-state index in [4.69, 9.17) is 9.47 Å². The first kappa shape index (κ1) is 20.0. The van der Waals surface area contributed by atoms with Crippen LogP contribution in [0.3, 0.4) is 0 Å². The number of nitro benzene ring substituents is 1. The van der Waals surface area contributed by atoms with Gasteiger partial charge in [0.05, 0.1) is 25.1 Å². The maximum absolute atomic E-state index is 12.7. The minimum Gasteiger partial charge on any atom is -0.468 e. The van der Waals surface area contributed by atoms with Crippen molar-refractivity contribution < 1.29 is 28.9 Å². The van der Waals surface area contributed by atoms with E-state index >= 15 is 0 Å². The van der Waals surface area contributed by atoms with Crippen LogP contribution in [-0.4, -0.2) is 42.0 Å². The number of methoxy groups -OCH3 is 2. The van der Waals surface area contributed by atoms with Crippen LogP contribution in [0, 0.1) is 31.6 Å². The lowest BCUT2D eigenvalue weighted by molar-refractivity contribution is -0.530. The van der Waals surface area contributed by atoms with E-state index in [2.05, 4.69) is 6.58 Å². The molecule has 10 nitrogen and oxygen atoms in total. The van der Waals surface area contributed by atoms with E-state index in [1.54, 1.807) is 0 Å². The van der Waals surface area contributed by atoms with Crippen LogP contribution >= 0.6 is 0 Å². The molecular weight excluding hydrogens is 360 g/mol. The average molecular weight is 378 g/mol. The number of ether oxygens (including phenoxy) is 2. The highest BCUT2D eigenvalue weighted by atomic mass is 16.6. The van der Waals surface area contributed by atoms with Gasteiger partial charge in [-0.1, -0.05) is 24.3 Å². The molecule has 0 bridgehead atoms. The van der Waals surface area contributed by atoms with Crippen LogP contribution in [0.25, 0.3) is 0 Å². The maximum Gasteiger partial charge on any atom is 0.324 e. The van der Waals surface area contributed by atoms with Gasteiger partial charge in [0.25, 0.3) is 5.69 Å². The van der Waals surface area contributed by atoms with Crippen LogP contribution in [0.15, 0.2) is 36.9 Å². The fourth-order valence-corrected chi connectivity index (χ4v) is 3.89.